The smallest absolute Gasteiger partial charge is 0.332 e. The molecule has 9 heteroatoms. The lowest BCUT2D eigenvalue weighted by molar-refractivity contribution is -0.119. The molecule has 0 bridgehead atoms. The number of nitrogens with one attached hydrogen (secondary N) is 2. The van der Waals surface area contributed by atoms with E-state index in [-0.39, 0.29) is 18.1 Å². The molecule has 29 heavy (non-hydrogen) atoms. The van der Waals surface area contributed by atoms with E-state index in [1.807, 2.05) is 31.2 Å². The van der Waals surface area contributed by atoms with E-state index in [0.29, 0.717) is 25.3 Å². The molecule has 1 aromatic heterocycles. The fraction of sp³-hybridized carbons (Fsp3) is 0.450. The number of carbonyl (C=O) groups excluding carboxylic acids is 1. The molecule has 2 N–H and O–H groups in total. The zero-order valence-corrected chi connectivity index (χ0v) is 17.6. The van der Waals surface area contributed by atoms with Gasteiger partial charge in [-0.1, -0.05) is 12.1 Å². The average molecular weight is 403 g/mol. The van der Waals surface area contributed by atoms with Crippen molar-refractivity contribution < 1.29 is 9.53 Å². The fourth-order valence-corrected chi connectivity index (χ4v) is 3.06. The van der Waals surface area contributed by atoms with Crippen LogP contribution in [-0.2, 0) is 25.3 Å². The first kappa shape index (κ1) is 22.1. The van der Waals surface area contributed by atoms with E-state index in [1.54, 1.807) is 26.1 Å². The van der Waals surface area contributed by atoms with Crippen molar-refractivity contribution in [1.82, 2.24) is 14.5 Å². The van der Waals surface area contributed by atoms with Crippen molar-refractivity contribution in [2.24, 2.45) is 14.1 Å². The van der Waals surface area contributed by atoms with Gasteiger partial charge in [-0.05, 0) is 31.0 Å². The molecule has 2 aromatic rings. The maximum Gasteiger partial charge on any atom is 0.332 e. The van der Waals surface area contributed by atoms with Crippen molar-refractivity contribution in [3.63, 3.8) is 0 Å². The molecule has 0 aliphatic rings. The van der Waals surface area contributed by atoms with Crippen LogP contribution < -0.4 is 31.5 Å². The number of rotatable bonds is 9. The van der Waals surface area contributed by atoms with E-state index in [4.69, 9.17) is 4.74 Å². The lowest BCUT2D eigenvalue weighted by Crippen LogP contribution is -2.44. The van der Waals surface area contributed by atoms with Crippen LogP contribution in [0.4, 0.5) is 11.5 Å². The first-order valence-electron chi connectivity index (χ1n) is 9.44. The molecule has 0 saturated carbocycles. The number of carbonyl (C=O) groups is 1. The van der Waals surface area contributed by atoms with E-state index in [9.17, 15) is 14.4 Å². The van der Waals surface area contributed by atoms with Gasteiger partial charge in [-0.15, -0.1) is 0 Å². The number of nitrogens with zero attached hydrogens (tertiary/aromatic N) is 3. The fourth-order valence-electron chi connectivity index (χ4n) is 3.06. The largest absolute Gasteiger partial charge is 0.497 e. The van der Waals surface area contributed by atoms with E-state index < -0.39 is 11.2 Å². The lowest BCUT2D eigenvalue weighted by atomic mass is 10.1. The number of amides is 1. The van der Waals surface area contributed by atoms with Crippen molar-refractivity contribution in [3.05, 3.63) is 50.7 Å². The minimum absolute atomic E-state index is 0.00997. The standard InChI is InChI=1S/C20H29N5O4/c1-6-21-18-17(19(27)25(4)20(28)24(18)3)23(2)13-16(26)22-11-10-14-8-7-9-15(12-14)29-5/h7-9,12,21H,6,10-11,13H2,1-5H3,(H,22,26). The highest BCUT2D eigenvalue weighted by Gasteiger charge is 2.20. The summed E-state index contributed by atoms with van der Waals surface area (Å²) in [5.41, 5.74) is 0.459. The topological polar surface area (TPSA) is 97.6 Å². The van der Waals surface area contributed by atoms with Crippen LogP contribution in [0.3, 0.4) is 0 Å². The Balaban J connectivity index is 2.07. The molecule has 2 rings (SSSR count). The Labute approximate surface area is 169 Å². The maximum atomic E-state index is 12.6. The Morgan fingerprint density at radius 1 is 1.21 bits per heavy atom. The van der Waals surface area contributed by atoms with Gasteiger partial charge < -0.3 is 20.3 Å². The van der Waals surface area contributed by atoms with Crippen molar-refractivity contribution >= 4 is 17.4 Å². The van der Waals surface area contributed by atoms with E-state index in [2.05, 4.69) is 10.6 Å². The van der Waals surface area contributed by atoms with E-state index in [0.717, 1.165) is 15.9 Å². The van der Waals surface area contributed by atoms with Crippen molar-refractivity contribution in [3.8, 4) is 5.75 Å². The summed E-state index contributed by atoms with van der Waals surface area (Å²) in [6, 6.07) is 7.67. The van der Waals surface area contributed by atoms with Crippen LogP contribution in [0.5, 0.6) is 5.75 Å². The molecule has 0 aliphatic heterocycles. The number of aromatic nitrogens is 2. The highest BCUT2D eigenvalue weighted by molar-refractivity contribution is 5.82. The van der Waals surface area contributed by atoms with Gasteiger partial charge in [-0.3, -0.25) is 18.7 Å². The van der Waals surface area contributed by atoms with Crippen LogP contribution in [0.15, 0.2) is 33.9 Å². The zero-order valence-electron chi connectivity index (χ0n) is 17.6. The maximum absolute atomic E-state index is 12.6. The highest BCUT2D eigenvalue weighted by atomic mass is 16.5. The third-order valence-electron chi connectivity index (χ3n) is 4.62. The first-order valence-corrected chi connectivity index (χ1v) is 9.44. The van der Waals surface area contributed by atoms with Crippen LogP contribution in [0.25, 0.3) is 0 Å². The van der Waals surface area contributed by atoms with Gasteiger partial charge in [0.25, 0.3) is 5.56 Å². The van der Waals surface area contributed by atoms with Crippen molar-refractivity contribution in [2.45, 2.75) is 13.3 Å². The van der Waals surface area contributed by atoms with Crippen LogP contribution in [0.2, 0.25) is 0 Å². The SMILES string of the molecule is CCNc1c(N(C)CC(=O)NCCc2cccc(OC)c2)c(=O)n(C)c(=O)n1C. The second-order valence-electron chi connectivity index (χ2n) is 6.74. The van der Waals surface area contributed by atoms with E-state index in [1.165, 1.54) is 11.6 Å². The van der Waals surface area contributed by atoms with Crippen LogP contribution in [-0.4, -0.2) is 48.8 Å². The van der Waals surface area contributed by atoms with Gasteiger partial charge in [-0.2, -0.15) is 0 Å². The Bertz CT molecular complexity index is 980. The molecule has 0 fully saturated rings. The van der Waals surface area contributed by atoms with Crippen LogP contribution in [0, 0.1) is 0 Å². The van der Waals surface area contributed by atoms with Gasteiger partial charge in [-0.25, -0.2) is 4.79 Å². The number of hydrogen-bond acceptors (Lipinski definition) is 6. The molecule has 0 radical (unpaired) electrons. The summed E-state index contributed by atoms with van der Waals surface area (Å²) in [5, 5.41) is 5.91. The quantitative estimate of drug-likeness (QED) is 0.626. The Morgan fingerprint density at radius 2 is 1.93 bits per heavy atom. The third kappa shape index (κ3) is 5.18. The molecule has 0 atom stereocenters. The highest BCUT2D eigenvalue weighted by Crippen LogP contribution is 2.18. The number of anilines is 2. The van der Waals surface area contributed by atoms with Gasteiger partial charge in [0.2, 0.25) is 5.91 Å². The Hall–Kier alpha value is -3.23. The second kappa shape index (κ2) is 9.81. The number of methoxy groups -OCH3 is 1. The Kier molecular flexibility index (Phi) is 7.46. The molecule has 0 unspecified atom stereocenters. The van der Waals surface area contributed by atoms with Gasteiger partial charge in [0.15, 0.2) is 0 Å². The summed E-state index contributed by atoms with van der Waals surface area (Å²) in [4.78, 5) is 38.8. The summed E-state index contributed by atoms with van der Waals surface area (Å²) < 4.78 is 7.61. The van der Waals surface area contributed by atoms with Crippen molar-refractivity contribution in [2.75, 3.05) is 44.0 Å². The monoisotopic (exact) mass is 403 g/mol. The normalized spacial score (nSPS) is 10.5. The summed E-state index contributed by atoms with van der Waals surface area (Å²) in [6.45, 7) is 2.86. The number of hydrogen-bond donors (Lipinski definition) is 2. The molecular formula is C20H29N5O4. The predicted octanol–water partition coefficient (Wildman–Crippen LogP) is 0.320. The number of likely N-dealkylation sites (N-methyl/N-ethyl adjacent to an activating group) is 1. The second-order valence-corrected chi connectivity index (χ2v) is 6.74. The summed E-state index contributed by atoms with van der Waals surface area (Å²) in [7, 11) is 6.28. The predicted molar refractivity (Wildman–Crippen MR) is 114 cm³/mol. The number of benzene rings is 1. The van der Waals surface area contributed by atoms with Gasteiger partial charge >= 0.3 is 5.69 Å². The van der Waals surface area contributed by atoms with Gasteiger partial charge in [0, 0.05) is 34.2 Å². The molecule has 1 heterocycles. The zero-order chi connectivity index (χ0) is 21.6. The first-order chi connectivity index (χ1) is 13.8. The molecule has 0 spiro atoms. The average Bonchev–Trinajstić information content (AvgIpc) is 2.70. The molecular weight excluding hydrogens is 374 g/mol. The van der Waals surface area contributed by atoms with Crippen LogP contribution in [0.1, 0.15) is 12.5 Å². The van der Waals surface area contributed by atoms with E-state index >= 15 is 0 Å². The molecule has 9 nitrogen and oxygen atoms in total. The lowest BCUT2D eigenvalue weighted by Gasteiger charge is -2.23. The van der Waals surface area contributed by atoms with Gasteiger partial charge in [0.1, 0.15) is 17.3 Å². The molecule has 0 saturated heterocycles. The molecule has 0 aliphatic carbocycles. The molecule has 158 valence electrons. The third-order valence-corrected chi connectivity index (χ3v) is 4.62. The summed E-state index contributed by atoms with van der Waals surface area (Å²) in [5.74, 6) is 0.955. The molecule has 1 amide bonds. The summed E-state index contributed by atoms with van der Waals surface area (Å²) in [6.07, 6.45) is 0.664. The minimum Gasteiger partial charge on any atom is -0.497 e. The summed E-state index contributed by atoms with van der Waals surface area (Å²) >= 11 is 0. The number of ether oxygens (including phenoxy) is 1. The van der Waals surface area contributed by atoms with Crippen LogP contribution >= 0.6 is 0 Å². The van der Waals surface area contributed by atoms with Gasteiger partial charge in [0.05, 0.1) is 13.7 Å². The minimum atomic E-state index is -0.448. The van der Waals surface area contributed by atoms with Crippen molar-refractivity contribution in [1.29, 1.82) is 0 Å². The molecule has 1 aromatic carbocycles. The Morgan fingerprint density at radius 3 is 2.59 bits per heavy atom.